The Morgan fingerprint density at radius 2 is 2.44 bits per heavy atom. The highest BCUT2D eigenvalue weighted by Crippen LogP contribution is 2.29. The summed E-state index contributed by atoms with van der Waals surface area (Å²) in [6.45, 7) is 3.42. The zero-order chi connectivity index (χ0) is 10.8. The Morgan fingerprint density at radius 1 is 1.44 bits per heavy atom. The number of hydrogen-bond donors (Lipinski definition) is 1. The first kappa shape index (κ1) is 10.6. The molecule has 3 nitrogen and oxygen atoms in total. The van der Waals surface area contributed by atoms with Crippen LogP contribution < -0.4 is 5.32 Å². The largest absolute Gasteiger partial charge is 0.313 e. The zero-order valence-corrected chi connectivity index (χ0v) is 10.1. The lowest BCUT2D eigenvalue weighted by Gasteiger charge is -2.45. The number of pyridine rings is 1. The predicted octanol–water partition coefficient (Wildman–Crippen LogP) is 1.14. The van der Waals surface area contributed by atoms with Crippen molar-refractivity contribution in [2.24, 2.45) is 0 Å². The average molecular weight is 235 g/mol. The van der Waals surface area contributed by atoms with E-state index in [0.717, 1.165) is 13.1 Å². The molecule has 0 spiro atoms. The molecule has 2 aliphatic rings. The van der Waals surface area contributed by atoms with Crippen molar-refractivity contribution in [1.82, 2.24) is 15.2 Å². The van der Waals surface area contributed by atoms with Gasteiger partial charge in [0.15, 0.2) is 0 Å². The summed E-state index contributed by atoms with van der Waals surface area (Å²) in [5.41, 5.74) is 1.35. The summed E-state index contributed by atoms with van der Waals surface area (Å²) in [7, 11) is 0. The van der Waals surface area contributed by atoms with Crippen molar-refractivity contribution in [3.63, 3.8) is 0 Å². The Morgan fingerprint density at radius 3 is 3.31 bits per heavy atom. The van der Waals surface area contributed by atoms with Crippen molar-refractivity contribution in [1.29, 1.82) is 0 Å². The molecule has 0 bridgehead atoms. The van der Waals surface area contributed by atoms with Gasteiger partial charge in [0.05, 0.1) is 0 Å². The normalized spacial score (nSPS) is 31.0. The summed E-state index contributed by atoms with van der Waals surface area (Å²) in [5, 5.41) is 3.55. The fourth-order valence-electron chi connectivity index (χ4n) is 2.64. The zero-order valence-electron chi connectivity index (χ0n) is 9.30. The minimum absolute atomic E-state index is 0.522. The van der Waals surface area contributed by atoms with Gasteiger partial charge in [-0.25, -0.2) is 0 Å². The molecule has 0 aliphatic carbocycles. The van der Waals surface area contributed by atoms with Gasteiger partial charge in [-0.2, -0.15) is 11.8 Å². The lowest BCUT2D eigenvalue weighted by molar-refractivity contribution is 0.113. The van der Waals surface area contributed by atoms with Gasteiger partial charge < -0.3 is 5.32 Å². The Hall–Kier alpha value is -0.580. The van der Waals surface area contributed by atoms with Gasteiger partial charge in [0.25, 0.3) is 0 Å². The van der Waals surface area contributed by atoms with Crippen LogP contribution in [0.2, 0.25) is 0 Å². The number of piperazine rings is 1. The minimum atomic E-state index is 0.522. The maximum absolute atomic E-state index is 4.24. The number of nitrogens with zero attached hydrogens (tertiary/aromatic N) is 2. The highest BCUT2D eigenvalue weighted by Gasteiger charge is 2.33. The van der Waals surface area contributed by atoms with Crippen molar-refractivity contribution >= 4 is 11.8 Å². The minimum Gasteiger partial charge on any atom is -0.313 e. The molecule has 0 saturated carbocycles. The quantitative estimate of drug-likeness (QED) is 0.790. The third-order valence-electron chi connectivity index (χ3n) is 3.46. The smallest absolute Gasteiger partial charge is 0.0492 e. The van der Waals surface area contributed by atoms with Gasteiger partial charge in [-0.05, 0) is 11.6 Å². The molecule has 3 heterocycles. The van der Waals surface area contributed by atoms with Crippen LogP contribution in [0.3, 0.4) is 0 Å². The Bertz CT molecular complexity index is 341. The molecule has 0 aromatic carbocycles. The van der Waals surface area contributed by atoms with Crippen molar-refractivity contribution in [3.05, 3.63) is 30.1 Å². The lowest BCUT2D eigenvalue weighted by Crippen LogP contribution is -2.56. The van der Waals surface area contributed by atoms with E-state index >= 15 is 0 Å². The molecular formula is C12H17N3S. The van der Waals surface area contributed by atoms with Crippen LogP contribution in [0.4, 0.5) is 0 Å². The van der Waals surface area contributed by atoms with Gasteiger partial charge >= 0.3 is 0 Å². The molecule has 86 valence electrons. The maximum atomic E-state index is 4.24. The van der Waals surface area contributed by atoms with E-state index in [9.17, 15) is 0 Å². The van der Waals surface area contributed by atoms with Gasteiger partial charge in [0.2, 0.25) is 0 Å². The van der Waals surface area contributed by atoms with Crippen LogP contribution in [0.25, 0.3) is 0 Å². The van der Waals surface area contributed by atoms with Crippen molar-refractivity contribution < 1.29 is 0 Å². The fourth-order valence-corrected chi connectivity index (χ4v) is 3.73. The maximum Gasteiger partial charge on any atom is 0.0492 e. The second kappa shape index (κ2) is 4.73. The van der Waals surface area contributed by atoms with Crippen molar-refractivity contribution in [3.8, 4) is 0 Å². The van der Waals surface area contributed by atoms with E-state index in [2.05, 4.69) is 33.0 Å². The second-order valence-corrected chi connectivity index (χ2v) is 5.58. The second-order valence-electron chi connectivity index (χ2n) is 4.43. The molecule has 1 N–H and O–H groups in total. The monoisotopic (exact) mass is 235 g/mol. The fraction of sp³-hybridized carbons (Fsp3) is 0.583. The molecule has 0 amide bonds. The standard InChI is InChI=1S/C12H17N3S/c1-2-10(6-13-3-1)12-8-14-7-11-9-16-5-4-15(11)12/h1-3,6,11-12,14H,4-5,7-9H2. The van der Waals surface area contributed by atoms with E-state index < -0.39 is 0 Å². The average Bonchev–Trinajstić information content (AvgIpc) is 2.39. The molecule has 4 heteroatoms. The van der Waals surface area contributed by atoms with Crippen LogP contribution >= 0.6 is 11.8 Å². The Balaban J connectivity index is 1.83. The highest BCUT2D eigenvalue weighted by atomic mass is 32.2. The van der Waals surface area contributed by atoms with Crippen LogP contribution in [-0.4, -0.2) is 47.1 Å². The lowest BCUT2D eigenvalue weighted by atomic mass is 10.0. The summed E-state index contributed by atoms with van der Waals surface area (Å²) in [6.07, 6.45) is 3.86. The SMILES string of the molecule is c1cncc(C2CNCC3CSCCN32)c1. The number of hydrogen-bond acceptors (Lipinski definition) is 4. The van der Waals surface area contributed by atoms with Gasteiger partial charge in [0, 0.05) is 55.6 Å². The van der Waals surface area contributed by atoms with E-state index in [1.54, 1.807) is 0 Å². The molecule has 1 aromatic rings. The van der Waals surface area contributed by atoms with Crippen molar-refractivity contribution in [2.45, 2.75) is 12.1 Å². The van der Waals surface area contributed by atoms with Crippen molar-refractivity contribution in [2.75, 3.05) is 31.1 Å². The van der Waals surface area contributed by atoms with Crippen LogP contribution in [0.1, 0.15) is 11.6 Å². The number of fused-ring (bicyclic) bond motifs is 1. The third kappa shape index (κ3) is 1.97. The van der Waals surface area contributed by atoms with Crippen LogP contribution in [0.5, 0.6) is 0 Å². The number of rotatable bonds is 1. The Kier molecular flexibility index (Phi) is 3.13. The summed E-state index contributed by atoms with van der Waals surface area (Å²) < 4.78 is 0. The van der Waals surface area contributed by atoms with E-state index in [-0.39, 0.29) is 0 Å². The van der Waals surface area contributed by atoms with Gasteiger partial charge in [-0.15, -0.1) is 0 Å². The molecule has 0 radical (unpaired) electrons. The molecule has 2 unspecified atom stereocenters. The highest BCUT2D eigenvalue weighted by molar-refractivity contribution is 7.99. The van der Waals surface area contributed by atoms with E-state index in [1.165, 1.54) is 23.6 Å². The Labute approximate surface area is 101 Å². The summed E-state index contributed by atoms with van der Waals surface area (Å²) in [6, 6.07) is 5.47. The first-order valence-corrected chi connectivity index (χ1v) is 7.05. The van der Waals surface area contributed by atoms with E-state index in [1.807, 2.05) is 18.5 Å². The summed E-state index contributed by atoms with van der Waals surface area (Å²) in [4.78, 5) is 6.89. The molecule has 3 rings (SSSR count). The first-order valence-electron chi connectivity index (χ1n) is 5.89. The first-order chi connectivity index (χ1) is 7.95. The van der Waals surface area contributed by atoms with Gasteiger partial charge in [0.1, 0.15) is 0 Å². The molecule has 2 atom stereocenters. The molecule has 16 heavy (non-hydrogen) atoms. The van der Waals surface area contributed by atoms with E-state index in [4.69, 9.17) is 0 Å². The summed E-state index contributed by atoms with van der Waals surface area (Å²) >= 11 is 2.08. The van der Waals surface area contributed by atoms with Crippen LogP contribution in [-0.2, 0) is 0 Å². The topological polar surface area (TPSA) is 28.2 Å². The third-order valence-corrected chi connectivity index (χ3v) is 4.55. The number of nitrogens with one attached hydrogen (secondary N) is 1. The molecule has 2 saturated heterocycles. The van der Waals surface area contributed by atoms with Crippen LogP contribution in [0.15, 0.2) is 24.5 Å². The molecule has 2 fully saturated rings. The van der Waals surface area contributed by atoms with E-state index in [0.29, 0.717) is 12.1 Å². The molecule has 1 aromatic heterocycles. The van der Waals surface area contributed by atoms with Crippen LogP contribution in [0, 0.1) is 0 Å². The van der Waals surface area contributed by atoms with Gasteiger partial charge in [-0.3, -0.25) is 9.88 Å². The molecular weight excluding hydrogens is 218 g/mol. The number of aromatic nitrogens is 1. The predicted molar refractivity (Wildman–Crippen MR) is 67.7 cm³/mol. The summed E-state index contributed by atoms with van der Waals surface area (Å²) in [5.74, 6) is 2.54. The van der Waals surface area contributed by atoms with Gasteiger partial charge in [-0.1, -0.05) is 6.07 Å². The number of thioether (sulfide) groups is 1. The molecule has 2 aliphatic heterocycles.